The lowest BCUT2D eigenvalue weighted by Gasteiger charge is -2.28. The molecule has 2 N–H and O–H groups in total. The summed E-state index contributed by atoms with van der Waals surface area (Å²) in [6.45, 7) is 2.38. The molecule has 1 saturated heterocycles. The SMILES string of the molecule is CN1CCC(Cc2nnc3cc(N)ccn23)CC1. The van der Waals surface area contributed by atoms with E-state index in [1.807, 2.05) is 18.3 Å². The van der Waals surface area contributed by atoms with Gasteiger partial charge in [0.25, 0.3) is 0 Å². The lowest BCUT2D eigenvalue weighted by molar-refractivity contribution is 0.217. The van der Waals surface area contributed by atoms with Crippen LogP contribution in [0.1, 0.15) is 18.7 Å². The molecule has 1 fully saturated rings. The molecule has 0 unspecified atom stereocenters. The van der Waals surface area contributed by atoms with Gasteiger partial charge in [-0.3, -0.25) is 4.40 Å². The quantitative estimate of drug-likeness (QED) is 0.863. The van der Waals surface area contributed by atoms with E-state index in [0.717, 1.165) is 29.5 Å². The third kappa shape index (κ3) is 2.18. The van der Waals surface area contributed by atoms with Crippen molar-refractivity contribution >= 4 is 11.3 Å². The Hall–Kier alpha value is -1.62. The Morgan fingerprint density at radius 3 is 2.89 bits per heavy atom. The lowest BCUT2D eigenvalue weighted by Crippen LogP contribution is -2.31. The first-order valence-corrected chi connectivity index (χ1v) is 6.50. The minimum absolute atomic E-state index is 0.728. The smallest absolute Gasteiger partial charge is 0.162 e. The lowest BCUT2D eigenvalue weighted by atomic mass is 9.93. The molecule has 3 heterocycles. The molecule has 0 spiro atoms. The highest BCUT2D eigenvalue weighted by Crippen LogP contribution is 2.20. The van der Waals surface area contributed by atoms with E-state index in [-0.39, 0.29) is 0 Å². The van der Waals surface area contributed by atoms with E-state index >= 15 is 0 Å². The summed E-state index contributed by atoms with van der Waals surface area (Å²) in [4.78, 5) is 2.39. The molecule has 0 radical (unpaired) electrons. The van der Waals surface area contributed by atoms with Crippen LogP contribution >= 0.6 is 0 Å². The average Bonchev–Trinajstić information content (AvgIpc) is 2.74. The van der Waals surface area contributed by atoms with Crippen molar-refractivity contribution in [3.05, 3.63) is 24.2 Å². The van der Waals surface area contributed by atoms with Gasteiger partial charge in [0.05, 0.1) is 0 Å². The number of fused-ring (bicyclic) bond motifs is 1. The first-order valence-electron chi connectivity index (χ1n) is 6.50. The van der Waals surface area contributed by atoms with Crippen LogP contribution in [0.15, 0.2) is 18.3 Å². The molecule has 2 aromatic heterocycles. The maximum absolute atomic E-state index is 5.75. The zero-order chi connectivity index (χ0) is 12.5. The maximum atomic E-state index is 5.75. The number of anilines is 1. The highest BCUT2D eigenvalue weighted by atomic mass is 15.2. The van der Waals surface area contributed by atoms with Crippen molar-refractivity contribution in [1.82, 2.24) is 19.5 Å². The van der Waals surface area contributed by atoms with Crippen LogP contribution in [0.5, 0.6) is 0 Å². The van der Waals surface area contributed by atoms with E-state index in [1.165, 1.54) is 25.9 Å². The monoisotopic (exact) mass is 245 g/mol. The van der Waals surface area contributed by atoms with Gasteiger partial charge in [0.1, 0.15) is 5.82 Å². The van der Waals surface area contributed by atoms with Crippen LogP contribution in [0, 0.1) is 5.92 Å². The summed E-state index contributed by atoms with van der Waals surface area (Å²) in [5.41, 5.74) is 7.33. The molecule has 5 nitrogen and oxygen atoms in total. The summed E-state index contributed by atoms with van der Waals surface area (Å²) in [5.74, 6) is 1.78. The summed E-state index contributed by atoms with van der Waals surface area (Å²) in [5, 5.41) is 8.48. The van der Waals surface area contributed by atoms with Crippen molar-refractivity contribution in [2.45, 2.75) is 19.3 Å². The third-order valence-electron chi connectivity index (χ3n) is 3.81. The summed E-state index contributed by atoms with van der Waals surface area (Å²) in [6.07, 6.45) is 5.48. The number of hydrogen-bond donors (Lipinski definition) is 1. The van der Waals surface area contributed by atoms with Crippen LogP contribution in [-0.2, 0) is 6.42 Å². The molecule has 96 valence electrons. The number of nitrogens with two attached hydrogens (primary N) is 1. The van der Waals surface area contributed by atoms with Gasteiger partial charge in [-0.05, 0) is 45.0 Å². The molecular weight excluding hydrogens is 226 g/mol. The van der Waals surface area contributed by atoms with Crippen LogP contribution in [0.2, 0.25) is 0 Å². The van der Waals surface area contributed by atoms with Crippen molar-refractivity contribution in [3.63, 3.8) is 0 Å². The molecule has 0 atom stereocenters. The summed E-state index contributed by atoms with van der Waals surface area (Å²) in [6, 6.07) is 3.76. The van der Waals surface area contributed by atoms with Gasteiger partial charge in [-0.1, -0.05) is 0 Å². The van der Waals surface area contributed by atoms with E-state index in [0.29, 0.717) is 0 Å². The summed E-state index contributed by atoms with van der Waals surface area (Å²) < 4.78 is 2.05. The van der Waals surface area contributed by atoms with Crippen LogP contribution in [0.3, 0.4) is 0 Å². The molecule has 3 rings (SSSR count). The Morgan fingerprint density at radius 2 is 2.11 bits per heavy atom. The number of aromatic nitrogens is 3. The van der Waals surface area contributed by atoms with Crippen molar-refractivity contribution in [1.29, 1.82) is 0 Å². The fourth-order valence-corrected chi connectivity index (χ4v) is 2.62. The van der Waals surface area contributed by atoms with E-state index in [4.69, 9.17) is 5.73 Å². The molecular formula is C13H19N5. The molecule has 1 aliphatic rings. The number of nitrogens with zero attached hydrogens (tertiary/aromatic N) is 4. The van der Waals surface area contributed by atoms with Crippen molar-refractivity contribution in [3.8, 4) is 0 Å². The molecule has 0 aromatic carbocycles. The highest BCUT2D eigenvalue weighted by Gasteiger charge is 2.19. The molecule has 0 amide bonds. The van der Waals surface area contributed by atoms with Gasteiger partial charge in [-0.2, -0.15) is 0 Å². The molecule has 0 saturated carbocycles. The van der Waals surface area contributed by atoms with Crippen molar-refractivity contribution in [2.24, 2.45) is 5.92 Å². The minimum Gasteiger partial charge on any atom is -0.399 e. The van der Waals surface area contributed by atoms with Crippen LogP contribution < -0.4 is 5.73 Å². The molecule has 0 bridgehead atoms. The van der Waals surface area contributed by atoms with Gasteiger partial charge in [0.2, 0.25) is 0 Å². The number of pyridine rings is 1. The largest absolute Gasteiger partial charge is 0.399 e. The predicted molar refractivity (Wildman–Crippen MR) is 71.3 cm³/mol. The van der Waals surface area contributed by atoms with Crippen LogP contribution in [0.4, 0.5) is 5.69 Å². The highest BCUT2D eigenvalue weighted by molar-refractivity contribution is 5.51. The van der Waals surface area contributed by atoms with Gasteiger partial charge in [-0.15, -0.1) is 10.2 Å². The summed E-state index contributed by atoms with van der Waals surface area (Å²) >= 11 is 0. The second kappa shape index (κ2) is 4.57. The van der Waals surface area contributed by atoms with E-state index in [2.05, 4.69) is 26.5 Å². The van der Waals surface area contributed by atoms with Gasteiger partial charge >= 0.3 is 0 Å². The number of nitrogen functional groups attached to an aromatic ring is 1. The fourth-order valence-electron chi connectivity index (χ4n) is 2.62. The van der Waals surface area contributed by atoms with E-state index in [9.17, 15) is 0 Å². The van der Waals surface area contributed by atoms with Gasteiger partial charge in [0.15, 0.2) is 5.65 Å². The number of hydrogen-bond acceptors (Lipinski definition) is 4. The molecule has 1 aliphatic heterocycles. The average molecular weight is 245 g/mol. The van der Waals surface area contributed by atoms with Crippen LogP contribution in [0.25, 0.3) is 5.65 Å². The maximum Gasteiger partial charge on any atom is 0.162 e. The van der Waals surface area contributed by atoms with Gasteiger partial charge in [0, 0.05) is 24.4 Å². The normalized spacial score (nSPS) is 18.5. The predicted octanol–water partition coefficient (Wildman–Crippen LogP) is 1.20. The Labute approximate surface area is 107 Å². The Morgan fingerprint density at radius 1 is 1.33 bits per heavy atom. The topological polar surface area (TPSA) is 59.5 Å². The van der Waals surface area contributed by atoms with Crippen molar-refractivity contribution in [2.75, 3.05) is 25.9 Å². The fraction of sp³-hybridized carbons (Fsp3) is 0.538. The Balaban J connectivity index is 1.78. The first kappa shape index (κ1) is 11.5. The molecule has 5 heteroatoms. The molecule has 0 aliphatic carbocycles. The van der Waals surface area contributed by atoms with E-state index < -0.39 is 0 Å². The van der Waals surface area contributed by atoms with E-state index in [1.54, 1.807) is 0 Å². The Bertz CT molecular complexity index is 539. The standard InChI is InChI=1S/C13H19N5/c1-17-5-2-10(3-6-17)8-12-15-16-13-9-11(14)4-7-18(12)13/h4,7,9-10H,2-3,5-6,8,14H2,1H3. The Kier molecular flexibility index (Phi) is 2.91. The number of likely N-dealkylation sites (tertiary alicyclic amines) is 1. The van der Waals surface area contributed by atoms with Crippen LogP contribution in [-0.4, -0.2) is 39.6 Å². The minimum atomic E-state index is 0.728. The molecule has 18 heavy (non-hydrogen) atoms. The number of rotatable bonds is 2. The zero-order valence-corrected chi connectivity index (χ0v) is 10.7. The third-order valence-corrected chi connectivity index (χ3v) is 3.81. The summed E-state index contributed by atoms with van der Waals surface area (Å²) in [7, 11) is 2.19. The van der Waals surface area contributed by atoms with Gasteiger partial charge in [-0.25, -0.2) is 0 Å². The zero-order valence-electron chi connectivity index (χ0n) is 10.7. The van der Waals surface area contributed by atoms with Crippen molar-refractivity contribution < 1.29 is 0 Å². The number of piperidine rings is 1. The van der Waals surface area contributed by atoms with Gasteiger partial charge < -0.3 is 10.6 Å². The second-order valence-corrected chi connectivity index (χ2v) is 5.26. The first-order chi connectivity index (χ1) is 8.72. The molecule has 2 aromatic rings. The second-order valence-electron chi connectivity index (χ2n) is 5.26.